The van der Waals surface area contributed by atoms with E-state index in [2.05, 4.69) is 15.5 Å². The SMILES string of the molecule is Cc1ccc(-c2nnc(SCC(=O)Nc3ccc(SC#N)cc3C)o2)cc1C. The smallest absolute Gasteiger partial charge is 0.277 e. The molecule has 0 aliphatic heterocycles. The van der Waals surface area contributed by atoms with Crippen molar-refractivity contribution in [3.63, 3.8) is 0 Å². The maximum atomic E-state index is 12.2. The van der Waals surface area contributed by atoms with E-state index in [0.29, 0.717) is 16.8 Å². The molecular weight excluding hydrogens is 392 g/mol. The fraction of sp³-hybridized carbons (Fsp3) is 0.200. The van der Waals surface area contributed by atoms with Gasteiger partial charge in [-0.2, -0.15) is 5.26 Å². The van der Waals surface area contributed by atoms with Gasteiger partial charge in [-0.15, -0.1) is 10.2 Å². The second kappa shape index (κ2) is 8.95. The first-order valence-electron chi connectivity index (χ1n) is 8.46. The molecule has 0 atom stereocenters. The number of nitrogens with zero attached hydrogens (tertiary/aromatic N) is 3. The van der Waals surface area contributed by atoms with Gasteiger partial charge in [0.15, 0.2) is 0 Å². The van der Waals surface area contributed by atoms with Crippen LogP contribution in [0, 0.1) is 31.4 Å². The van der Waals surface area contributed by atoms with Gasteiger partial charge in [-0.05, 0) is 79.6 Å². The highest BCUT2D eigenvalue weighted by atomic mass is 32.2. The molecule has 1 amide bonds. The summed E-state index contributed by atoms with van der Waals surface area (Å²) in [6.45, 7) is 5.96. The van der Waals surface area contributed by atoms with E-state index in [4.69, 9.17) is 9.68 Å². The molecule has 142 valence electrons. The van der Waals surface area contributed by atoms with E-state index < -0.39 is 0 Å². The first kappa shape index (κ1) is 20.0. The van der Waals surface area contributed by atoms with Crippen LogP contribution >= 0.6 is 23.5 Å². The minimum atomic E-state index is -0.167. The standard InChI is InChI=1S/C20H18N4O2S2/c1-12-4-5-15(8-13(12)2)19-23-24-20(26-19)27-10-18(25)22-17-7-6-16(28-11-21)9-14(17)3/h4-9H,10H2,1-3H3,(H,22,25). The summed E-state index contributed by atoms with van der Waals surface area (Å²) < 4.78 is 5.66. The molecule has 0 unspecified atom stereocenters. The van der Waals surface area contributed by atoms with Crippen molar-refractivity contribution in [3.05, 3.63) is 53.1 Å². The van der Waals surface area contributed by atoms with Crippen LogP contribution in [-0.2, 0) is 4.79 Å². The van der Waals surface area contributed by atoms with Crippen LogP contribution in [0.5, 0.6) is 0 Å². The normalized spacial score (nSPS) is 10.5. The van der Waals surface area contributed by atoms with Crippen LogP contribution in [0.1, 0.15) is 16.7 Å². The highest BCUT2D eigenvalue weighted by Gasteiger charge is 2.12. The molecule has 0 aliphatic carbocycles. The Morgan fingerprint density at radius 1 is 1.11 bits per heavy atom. The quantitative estimate of drug-likeness (QED) is 0.453. The van der Waals surface area contributed by atoms with Gasteiger partial charge in [0, 0.05) is 16.1 Å². The molecular formula is C20H18N4O2S2. The Balaban J connectivity index is 1.59. The Bertz CT molecular complexity index is 1060. The van der Waals surface area contributed by atoms with Gasteiger partial charge in [0.2, 0.25) is 11.8 Å². The zero-order valence-corrected chi connectivity index (χ0v) is 17.3. The second-order valence-electron chi connectivity index (χ2n) is 6.18. The zero-order valence-electron chi connectivity index (χ0n) is 15.6. The third kappa shape index (κ3) is 4.94. The maximum Gasteiger partial charge on any atom is 0.277 e. The average molecular weight is 411 g/mol. The molecule has 1 aromatic heterocycles. The summed E-state index contributed by atoms with van der Waals surface area (Å²) in [5.74, 6) is 0.426. The van der Waals surface area contributed by atoms with Crippen LogP contribution in [-0.4, -0.2) is 21.9 Å². The van der Waals surface area contributed by atoms with Crippen molar-refractivity contribution in [1.29, 1.82) is 5.26 Å². The lowest BCUT2D eigenvalue weighted by Gasteiger charge is -2.08. The molecule has 0 aliphatic rings. The number of carbonyl (C=O) groups excluding carboxylic acids is 1. The third-order valence-corrected chi connectivity index (χ3v) is 5.52. The van der Waals surface area contributed by atoms with Crippen molar-refractivity contribution in [2.75, 3.05) is 11.1 Å². The van der Waals surface area contributed by atoms with E-state index in [1.807, 2.05) is 50.4 Å². The van der Waals surface area contributed by atoms with Crippen LogP contribution in [0.3, 0.4) is 0 Å². The van der Waals surface area contributed by atoms with Crippen molar-refractivity contribution in [2.24, 2.45) is 0 Å². The number of thioether (sulfide) groups is 2. The van der Waals surface area contributed by atoms with Gasteiger partial charge in [0.25, 0.3) is 5.22 Å². The summed E-state index contributed by atoms with van der Waals surface area (Å²) in [7, 11) is 0. The number of benzene rings is 2. The van der Waals surface area contributed by atoms with Crippen LogP contribution in [0.4, 0.5) is 5.69 Å². The van der Waals surface area contributed by atoms with Crippen LogP contribution < -0.4 is 5.32 Å². The predicted octanol–water partition coefficient (Wildman–Crippen LogP) is 4.97. The molecule has 0 spiro atoms. The number of amides is 1. The summed E-state index contributed by atoms with van der Waals surface area (Å²) in [5, 5.41) is 22.0. The van der Waals surface area contributed by atoms with Crippen LogP contribution in [0.25, 0.3) is 11.5 Å². The van der Waals surface area contributed by atoms with E-state index in [1.54, 1.807) is 12.1 Å². The minimum Gasteiger partial charge on any atom is -0.411 e. The highest BCUT2D eigenvalue weighted by molar-refractivity contribution is 8.03. The summed E-state index contributed by atoms with van der Waals surface area (Å²) in [5.41, 5.74) is 4.82. The Morgan fingerprint density at radius 3 is 2.64 bits per heavy atom. The Labute approximate surface area is 171 Å². The summed E-state index contributed by atoms with van der Waals surface area (Å²) in [4.78, 5) is 13.1. The maximum absolute atomic E-state index is 12.2. The number of nitriles is 1. The molecule has 6 nitrogen and oxygen atoms in total. The number of anilines is 1. The molecule has 1 N–H and O–H groups in total. The van der Waals surface area contributed by atoms with E-state index in [0.717, 1.165) is 33.3 Å². The number of nitrogens with one attached hydrogen (secondary N) is 1. The molecule has 28 heavy (non-hydrogen) atoms. The van der Waals surface area contributed by atoms with Crippen LogP contribution in [0.2, 0.25) is 0 Å². The molecule has 0 saturated heterocycles. The molecule has 0 saturated carbocycles. The van der Waals surface area contributed by atoms with Crippen molar-refractivity contribution in [1.82, 2.24) is 10.2 Å². The molecule has 0 bridgehead atoms. The van der Waals surface area contributed by atoms with Crippen molar-refractivity contribution in [3.8, 4) is 16.9 Å². The first-order valence-corrected chi connectivity index (χ1v) is 10.3. The largest absolute Gasteiger partial charge is 0.411 e. The topological polar surface area (TPSA) is 91.8 Å². The number of hydrogen-bond acceptors (Lipinski definition) is 7. The number of hydrogen-bond donors (Lipinski definition) is 1. The van der Waals surface area contributed by atoms with Gasteiger partial charge < -0.3 is 9.73 Å². The fourth-order valence-electron chi connectivity index (χ4n) is 2.47. The molecule has 3 rings (SSSR count). The monoisotopic (exact) mass is 410 g/mol. The van der Waals surface area contributed by atoms with Gasteiger partial charge in [-0.25, -0.2) is 0 Å². The Kier molecular flexibility index (Phi) is 6.39. The molecule has 3 aromatic rings. The average Bonchev–Trinajstić information content (AvgIpc) is 3.14. The van der Waals surface area contributed by atoms with E-state index in [-0.39, 0.29) is 11.7 Å². The summed E-state index contributed by atoms with van der Waals surface area (Å²) in [6.07, 6.45) is 0. The summed E-state index contributed by atoms with van der Waals surface area (Å²) >= 11 is 2.28. The lowest BCUT2D eigenvalue weighted by atomic mass is 10.1. The number of rotatable bonds is 6. The van der Waals surface area contributed by atoms with E-state index in [1.165, 1.54) is 17.3 Å². The minimum absolute atomic E-state index is 0.155. The van der Waals surface area contributed by atoms with Gasteiger partial charge in [-0.1, -0.05) is 17.8 Å². The number of carbonyl (C=O) groups is 1. The Hall–Kier alpha value is -2.76. The van der Waals surface area contributed by atoms with Gasteiger partial charge in [0.1, 0.15) is 5.40 Å². The molecule has 0 radical (unpaired) electrons. The van der Waals surface area contributed by atoms with Gasteiger partial charge >= 0.3 is 0 Å². The van der Waals surface area contributed by atoms with E-state index in [9.17, 15) is 4.79 Å². The summed E-state index contributed by atoms with van der Waals surface area (Å²) in [6, 6.07) is 11.4. The van der Waals surface area contributed by atoms with Crippen molar-refractivity contribution < 1.29 is 9.21 Å². The van der Waals surface area contributed by atoms with Crippen molar-refractivity contribution in [2.45, 2.75) is 30.9 Å². The number of aromatic nitrogens is 2. The second-order valence-corrected chi connectivity index (χ2v) is 7.96. The van der Waals surface area contributed by atoms with E-state index >= 15 is 0 Å². The third-order valence-electron chi connectivity index (χ3n) is 4.12. The van der Waals surface area contributed by atoms with Gasteiger partial charge in [0.05, 0.1) is 5.75 Å². The number of thiocyanates is 1. The molecule has 2 aromatic carbocycles. The zero-order chi connectivity index (χ0) is 20.1. The van der Waals surface area contributed by atoms with Crippen LogP contribution in [0.15, 0.2) is 50.9 Å². The highest BCUT2D eigenvalue weighted by Crippen LogP contribution is 2.26. The lowest BCUT2D eigenvalue weighted by molar-refractivity contribution is -0.113. The van der Waals surface area contributed by atoms with Gasteiger partial charge in [-0.3, -0.25) is 4.79 Å². The Morgan fingerprint density at radius 2 is 1.93 bits per heavy atom. The lowest BCUT2D eigenvalue weighted by Crippen LogP contribution is -2.14. The molecule has 1 heterocycles. The predicted molar refractivity (Wildman–Crippen MR) is 111 cm³/mol. The fourth-order valence-corrected chi connectivity index (χ4v) is 3.51. The first-order chi connectivity index (χ1) is 13.5. The number of aryl methyl sites for hydroxylation is 3. The molecule has 8 heteroatoms. The molecule has 0 fully saturated rings. The van der Waals surface area contributed by atoms with Crippen molar-refractivity contribution >= 4 is 35.1 Å².